The Bertz CT molecular complexity index is 519. The van der Waals surface area contributed by atoms with Crippen LogP contribution in [0.4, 0.5) is 5.69 Å². The van der Waals surface area contributed by atoms with Gasteiger partial charge in [-0.25, -0.2) is 0 Å². The van der Waals surface area contributed by atoms with Crippen LogP contribution in [0.1, 0.15) is 31.2 Å². The van der Waals surface area contributed by atoms with Crippen molar-refractivity contribution < 1.29 is 9.66 Å². The fourth-order valence-corrected chi connectivity index (χ4v) is 2.37. The molecule has 2 rings (SSSR count). The second kappa shape index (κ2) is 6.87. The van der Waals surface area contributed by atoms with Gasteiger partial charge in [-0.3, -0.25) is 10.1 Å². The minimum absolute atomic E-state index is 0.150. The van der Waals surface area contributed by atoms with Gasteiger partial charge in [0, 0.05) is 12.1 Å². The zero-order chi connectivity index (χ0) is 14.4. The topological polar surface area (TPSA) is 88.2 Å². The molecule has 1 aromatic rings. The highest BCUT2D eigenvalue weighted by atomic mass is 16.6. The summed E-state index contributed by atoms with van der Waals surface area (Å²) in [6, 6.07) is 6.70. The predicted octanol–water partition coefficient (Wildman–Crippen LogP) is 2.38. The molecule has 0 bridgehead atoms. The van der Waals surface area contributed by atoms with E-state index in [2.05, 4.69) is 5.32 Å². The van der Waals surface area contributed by atoms with Gasteiger partial charge in [0.15, 0.2) is 5.75 Å². The van der Waals surface area contributed by atoms with Gasteiger partial charge in [-0.15, -0.1) is 0 Å². The molecule has 0 spiro atoms. The quantitative estimate of drug-likeness (QED) is 0.489. The number of nitrogens with zero attached hydrogens (tertiary/aromatic N) is 2. The molecular formula is C14H17N3O3. The molecule has 0 saturated carbocycles. The normalized spacial score (nSPS) is 17.6. The number of nitro groups is 1. The van der Waals surface area contributed by atoms with Crippen molar-refractivity contribution in [1.82, 2.24) is 5.32 Å². The maximum Gasteiger partial charge on any atom is 0.312 e. The summed E-state index contributed by atoms with van der Waals surface area (Å²) >= 11 is 0. The van der Waals surface area contributed by atoms with Gasteiger partial charge in [0.05, 0.1) is 23.2 Å². The summed E-state index contributed by atoms with van der Waals surface area (Å²) in [5.74, 6) is 0.230. The average molecular weight is 275 g/mol. The van der Waals surface area contributed by atoms with E-state index in [0.29, 0.717) is 12.6 Å². The van der Waals surface area contributed by atoms with Crippen LogP contribution in [0, 0.1) is 21.4 Å². The van der Waals surface area contributed by atoms with Crippen molar-refractivity contribution in [1.29, 1.82) is 5.26 Å². The number of benzene rings is 1. The Hall–Kier alpha value is -2.13. The molecule has 0 aliphatic carbocycles. The van der Waals surface area contributed by atoms with Crippen LogP contribution in [0.5, 0.6) is 5.75 Å². The van der Waals surface area contributed by atoms with Gasteiger partial charge in [0.1, 0.15) is 0 Å². The Morgan fingerprint density at radius 1 is 1.55 bits per heavy atom. The lowest BCUT2D eigenvalue weighted by atomic mass is 10.1. The zero-order valence-electron chi connectivity index (χ0n) is 11.2. The molecule has 6 nitrogen and oxygen atoms in total. The van der Waals surface area contributed by atoms with Gasteiger partial charge in [-0.05, 0) is 44.4 Å². The van der Waals surface area contributed by atoms with E-state index in [1.807, 2.05) is 6.07 Å². The average Bonchev–Trinajstić information content (AvgIpc) is 2.96. The maximum atomic E-state index is 10.9. The summed E-state index contributed by atoms with van der Waals surface area (Å²) in [6.45, 7) is 1.53. The van der Waals surface area contributed by atoms with Crippen molar-refractivity contribution in [3.05, 3.63) is 33.9 Å². The Balaban J connectivity index is 1.88. The molecule has 106 valence electrons. The van der Waals surface area contributed by atoms with Crippen molar-refractivity contribution in [2.45, 2.75) is 31.7 Å². The van der Waals surface area contributed by atoms with Crippen LogP contribution in [-0.4, -0.2) is 24.1 Å². The van der Waals surface area contributed by atoms with Crippen LogP contribution in [0.15, 0.2) is 18.2 Å². The van der Waals surface area contributed by atoms with Crippen LogP contribution in [0.3, 0.4) is 0 Å². The minimum Gasteiger partial charge on any atom is -0.487 e. The van der Waals surface area contributed by atoms with E-state index in [0.717, 1.165) is 19.4 Å². The molecule has 1 aliphatic heterocycles. The number of nitriles is 1. The molecule has 1 aliphatic rings. The van der Waals surface area contributed by atoms with Crippen molar-refractivity contribution in [2.24, 2.45) is 0 Å². The summed E-state index contributed by atoms with van der Waals surface area (Å²) in [6.07, 6.45) is 4.28. The molecule has 0 radical (unpaired) electrons. The Labute approximate surface area is 117 Å². The van der Waals surface area contributed by atoms with Crippen LogP contribution in [0.25, 0.3) is 0 Å². The molecule has 0 aromatic heterocycles. The summed E-state index contributed by atoms with van der Waals surface area (Å²) < 4.78 is 5.48. The summed E-state index contributed by atoms with van der Waals surface area (Å²) in [4.78, 5) is 10.4. The van der Waals surface area contributed by atoms with Crippen molar-refractivity contribution in [3.8, 4) is 11.8 Å². The van der Waals surface area contributed by atoms with Crippen LogP contribution in [0.2, 0.25) is 0 Å². The first-order valence-corrected chi connectivity index (χ1v) is 6.75. The van der Waals surface area contributed by atoms with Crippen molar-refractivity contribution >= 4 is 5.69 Å². The number of hydrogen-bond acceptors (Lipinski definition) is 5. The molecule has 20 heavy (non-hydrogen) atoms. The van der Waals surface area contributed by atoms with Crippen molar-refractivity contribution in [3.63, 3.8) is 0 Å². The van der Waals surface area contributed by atoms with E-state index in [1.54, 1.807) is 0 Å². The highest BCUT2D eigenvalue weighted by Crippen LogP contribution is 2.28. The fourth-order valence-electron chi connectivity index (χ4n) is 2.37. The molecule has 1 heterocycles. The van der Waals surface area contributed by atoms with E-state index >= 15 is 0 Å². The van der Waals surface area contributed by atoms with E-state index in [1.165, 1.54) is 31.0 Å². The molecule has 1 saturated heterocycles. The first-order valence-electron chi connectivity index (χ1n) is 6.75. The van der Waals surface area contributed by atoms with E-state index < -0.39 is 4.92 Å². The largest absolute Gasteiger partial charge is 0.487 e. The number of nitrogens with one attached hydrogen (secondary N) is 1. The number of hydrogen-bond donors (Lipinski definition) is 1. The highest BCUT2D eigenvalue weighted by molar-refractivity contribution is 5.51. The number of nitro benzene ring substituents is 1. The summed E-state index contributed by atoms with van der Waals surface area (Å²) in [5, 5.41) is 23.1. The fraction of sp³-hybridized carbons (Fsp3) is 0.500. The molecule has 6 heteroatoms. The third-order valence-corrected chi connectivity index (χ3v) is 3.40. The first kappa shape index (κ1) is 14.3. The predicted molar refractivity (Wildman–Crippen MR) is 73.6 cm³/mol. The monoisotopic (exact) mass is 275 g/mol. The second-order valence-electron chi connectivity index (χ2n) is 4.84. The molecule has 1 atom stereocenters. The highest BCUT2D eigenvalue weighted by Gasteiger charge is 2.17. The molecule has 1 fully saturated rings. The number of ether oxygens (including phenoxy) is 1. The van der Waals surface area contributed by atoms with Crippen LogP contribution >= 0.6 is 0 Å². The third kappa shape index (κ3) is 3.68. The lowest BCUT2D eigenvalue weighted by Crippen LogP contribution is -2.21. The Kier molecular flexibility index (Phi) is 4.91. The molecule has 1 aromatic carbocycles. The van der Waals surface area contributed by atoms with Gasteiger partial charge in [0.25, 0.3) is 0 Å². The third-order valence-electron chi connectivity index (χ3n) is 3.40. The van der Waals surface area contributed by atoms with Crippen molar-refractivity contribution in [2.75, 3.05) is 13.2 Å². The van der Waals surface area contributed by atoms with E-state index in [-0.39, 0.29) is 17.0 Å². The van der Waals surface area contributed by atoms with Gasteiger partial charge in [0.2, 0.25) is 0 Å². The van der Waals surface area contributed by atoms with Crippen LogP contribution < -0.4 is 10.1 Å². The molecule has 0 amide bonds. The second-order valence-corrected chi connectivity index (χ2v) is 4.84. The molecular weight excluding hydrogens is 258 g/mol. The standard InChI is InChI=1S/C14H17N3O3/c15-10-11-5-6-14(13(9-11)17(18)19)20-8-2-4-12-3-1-7-16-12/h5-6,9,12,16H,1-4,7-8H2. The SMILES string of the molecule is N#Cc1ccc(OCCCC2CCCN2)c([N+](=O)[O-])c1. The van der Waals surface area contributed by atoms with Gasteiger partial charge < -0.3 is 10.1 Å². The molecule has 1 unspecified atom stereocenters. The Morgan fingerprint density at radius 2 is 2.40 bits per heavy atom. The summed E-state index contributed by atoms with van der Waals surface area (Å²) in [7, 11) is 0. The zero-order valence-corrected chi connectivity index (χ0v) is 11.2. The molecule has 1 N–H and O–H groups in total. The van der Waals surface area contributed by atoms with E-state index in [9.17, 15) is 10.1 Å². The first-order chi connectivity index (χ1) is 9.70. The number of rotatable bonds is 6. The Morgan fingerprint density at radius 3 is 3.05 bits per heavy atom. The van der Waals surface area contributed by atoms with Gasteiger partial charge in [-0.1, -0.05) is 0 Å². The smallest absolute Gasteiger partial charge is 0.312 e. The van der Waals surface area contributed by atoms with E-state index in [4.69, 9.17) is 10.00 Å². The van der Waals surface area contributed by atoms with Crippen LogP contribution in [-0.2, 0) is 0 Å². The van der Waals surface area contributed by atoms with Gasteiger partial charge in [-0.2, -0.15) is 5.26 Å². The summed E-state index contributed by atoms with van der Waals surface area (Å²) in [5.41, 5.74) is 0.113. The minimum atomic E-state index is -0.519. The van der Waals surface area contributed by atoms with Gasteiger partial charge >= 0.3 is 5.69 Å². The lowest BCUT2D eigenvalue weighted by Gasteiger charge is -2.10. The lowest BCUT2D eigenvalue weighted by molar-refractivity contribution is -0.385. The maximum absolute atomic E-state index is 10.9.